The van der Waals surface area contributed by atoms with E-state index in [1.165, 1.54) is 0 Å². The first-order valence-electron chi connectivity index (χ1n) is 8.82. The standard InChI is InChI=1S/C21H21N3O4/c1-14-10-16(15(2)24(14)8-9-26-3)11-17(12-22)21(25)27-13-20-23-18-6-4-5-7-19(18)28-20/h4-7,10-11H,8-9,13H2,1-3H3/b17-11+. The predicted molar refractivity (Wildman–Crippen MR) is 103 cm³/mol. The molecule has 0 fully saturated rings. The van der Waals surface area contributed by atoms with Gasteiger partial charge in [-0.1, -0.05) is 12.1 Å². The predicted octanol–water partition coefficient (Wildman–Crippen LogP) is 3.54. The molecule has 0 saturated carbocycles. The van der Waals surface area contributed by atoms with Crippen LogP contribution in [0, 0.1) is 25.2 Å². The smallest absolute Gasteiger partial charge is 0.349 e. The minimum atomic E-state index is -0.716. The van der Waals surface area contributed by atoms with Gasteiger partial charge in [-0.2, -0.15) is 5.26 Å². The topological polar surface area (TPSA) is 90.3 Å². The molecule has 0 atom stereocenters. The highest BCUT2D eigenvalue weighted by atomic mass is 16.5. The average Bonchev–Trinajstić information content (AvgIpc) is 3.23. The van der Waals surface area contributed by atoms with E-state index in [-0.39, 0.29) is 18.1 Å². The summed E-state index contributed by atoms with van der Waals surface area (Å²) in [5.74, 6) is -0.434. The molecule has 2 aromatic heterocycles. The minimum absolute atomic E-state index is 0.0805. The molecular formula is C21H21N3O4. The van der Waals surface area contributed by atoms with E-state index in [9.17, 15) is 10.1 Å². The quantitative estimate of drug-likeness (QED) is 0.354. The molecule has 1 aromatic carbocycles. The molecule has 0 saturated heterocycles. The van der Waals surface area contributed by atoms with E-state index in [4.69, 9.17) is 13.9 Å². The van der Waals surface area contributed by atoms with Gasteiger partial charge >= 0.3 is 5.97 Å². The Hall–Kier alpha value is -3.37. The van der Waals surface area contributed by atoms with E-state index >= 15 is 0 Å². The van der Waals surface area contributed by atoms with E-state index in [0.717, 1.165) is 17.0 Å². The number of fused-ring (bicyclic) bond motifs is 1. The molecule has 144 valence electrons. The lowest BCUT2D eigenvalue weighted by Crippen LogP contribution is -2.08. The normalized spacial score (nSPS) is 11.6. The van der Waals surface area contributed by atoms with E-state index in [0.29, 0.717) is 24.3 Å². The van der Waals surface area contributed by atoms with Crippen molar-refractivity contribution in [1.82, 2.24) is 9.55 Å². The number of esters is 1. The number of nitrogens with zero attached hydrogens (tertiary/aromatic N) is 3. The molecule has 0 radical (unpaired) electrons. The van der Waals surface area contributed by atoms with Gasteiger partial charge in [0.2, 0.25) is 5.89 Å². The number of rotatable bonds is 7. The monoisotopic (exact) mass is 379 g/mol. The van der Waals surface area contributed by atoms with Gasteiger partial charge in [0.25, 0.3) is 0 Å². The molecule has 7 nitrogen and oxygen atoms in total. The van der Waals surface area contributed by atoms with Crippen LogP contribution in [0.3, 0.4) is 0 Å². The summed E-state index contributed by atoms with van der Waals surface area (Å²) in [6, 6.07) is 11.1. The van der Waals surface area contributed by atoms with Gasteiger partial charge in [0.05, 0.1) is 6.61 Å². The van der Waals surface area contributed by atoms with Crippen LogP contribution in [0.15, 0.2) is 40.3 Å². The fraction of sp³-hybridized carbons (Fsp3) is 0.286. The van der Waals surface area contributed by atoms with E-state index in [2.05, 4.69) is 9.55 Å². The fourth-order valence-corrected chi connectivity index (χ4v) is 2.98. The van der Waals surface area contributed by atoms with Crippen LogP contribution in [0.1, 0.15) is 22.8 Å². The highest BCUT2D eigenvalue weighted by Crippen LogP contribution is 2.19. The summed E-state index contributed by atoms with van der Waals surface area (Å²) in [4.78, 5) is 16.6. The Labute approximate surface area is 162 Å². The van der Waals surface area contributed by atoms with Gasteiger partial charge in [-0.05, 0) is 43.7 Å². The highest BCUT2D eigenvalue weighted by molar-refractivity contribution is 5.98. The van der Waals surface area contributed by atoms with Gasteiger partial charge in [-0.15, -0.1) is 0 Å². The number of carbonyl (C=O) groups is 1. The molecule has 0 aliphatic carbocycles. The maximum absolute atomic E-state index is 12.3. The van der Waals surface area contributed by atoms with Crippen LogP contribution in [-0.2, 0) is 27.4 Å². The summed E-state index contributed by atoms with van der Waals surface area (Å²) in [6.07, 6.45) is 1.54. The Balaban J connectivity index is 1.73. The van der Waals surface area contributed by atoms with Crippen molar-refractivity contribution in [1.29, 1.82) is 5.26 Å². The van der Waals surface area contributed by atoms with Crippen LogP contribution in [0.4, 0.5) is 0 Å². The lowest BCUT2D eigenvalue weighted by molar-refractivity contribution is -0.140. The third-order valence-electron chi connectivity index (χ3n) is 4.44. The fourth-order valence-electron chi connectivity index (χ4n) is 2.98. The number of carbonyl (C=O) groups excluding carboxylic acids is 1. The number of oxazole rings is 1. The SMILES string of the molecule is COCCn1c(C)cc(/C=C(\C#N)C(=O)OCc2nc3ccccc3o2)c1C. The first-order chi connectivity index (χ1) is 13.5. The number of methoxy groups -OCH3 is 1. The summed E-state index contributed by atoms with van der Waals surface area (Å²) in [5.41, 5.74) is 4.00. The zero-order valence-corrected chi connectivity index (χ0v) is 16.1. The van der Waals surface area contributed by atoms with Crippen molar-refractivity contribution >= 4 is 23.1 Å². The lowest BCUT2D eigenvalue weighted by Gasteiger charge is -2.08. The summed E-state index contributed by atoms with van der Waals surface area (Å²) in [5, 5.41) is 9.39. The molecule has 3 rings (SSSR count). The average molecular weight is 379 g/mol. The minimum Gasteiger partial charge on any atom is -0.452 e. The zero-order valence-electron chi connectivity index (χ0n) is 16.1. The second-order valence-corrected chi connectivity index (χ2v) is 6.29. The first kappa shape index (κ1) is 19.4. The number of nitriles is 1. The Morgan fingerprint density at radius 3 is 2.86 bits per heavy atom. The molecule has 0 N–H and O–H groups in total. The lowest BCUT2D eigenvalue weighted by atomic mass is 10.1. The van der Waals surface area contributed by atoms with Gasteiger partial charge in [0.1, 0.15) is 17.2 Å². The summed E-state index contributed by atoms with van der Waals surface area (Å²) in [7, 11) is 1.65. The molecular weight excluding hydrogens is 358 g/mol. The van der Waals surface area contributed by atoms with Crippen LogP contribution >= 0.6 is 0 Å². The molecule has 0 bridgehead atoms. The Morgan fingerprint density at radius 2 is 2.14 bits per heavy atom. The third kappa shape index (κ3) is 4.13. The third-order valence-corrected chi connectivity index (χ3v) is 4.44. The molecule has 0 amide bonds. The van der Waals surface area contributed by atoms with Crippen molar-refractivity contribution in [3.8, 4) is 6.07 Å². The molecule has 0 spiro atoms. The van der Waals surface area contributed by atoms with Crippen molar-refractivity contribution in [2.24, 2.45) is 0 Å². The van der Waals surface area contributed by atoms with E-state index in [1.807, 2.05) is 44.2 Å². The molecule has 0 aliphatic rings. The number of aromatic nitrogens is 2. The zero-order chi connectivity index (χ0) is 20.1. The maximum Gasteiger partial charge on any atom is 0.349 e. The number of hydrogen-bond acceptors (Lipinski definition) is 6. The maximum atomic E-state index is 12.3. The van der Waals surface area contributed by atoms with Gasteiger partial charge in [0.15, 0.2) is 12.2 Å². The largest absolute Gasteiger partial charge is 0.452 e. The Bertz CT molecular complexity index is 1040. The van der Waals surface area contributed by atoms with Crippen LogP contribution in [0.5, 0.6) is 0 Å². The van der Waals surface area contributed by atoms with Gasteiger partial charge < -0.3 is 18.5 Å². The molecule has 28 heavy (non-hydrogen) atoms. The van der Waals surface area contributed by atoms with Crippen molar-refractivity contribution < 1.29 is 18.7 Å². The van der Waals surface area contributed by atoms with Crippen LogP contribution in [0.25, 0.3) is 17.2 Å². The summed E-state index contributed by atoms with van der Waals surface area (Å²) in [6.45, 7) is 5.05. The van der Waals surface area contributed by atoms with Crippen molar-refractivity contribution in [3.05, 3.63) is 58.7 Å². The highest BCUT2D eigenvalue weighted by Gasteiger charge is 2.15. The second kappa shape index (κ2) is 8.55. The molecule has 0 unspecified atom stereocenters. The van der Waals surface area contributed by atoms with E-state index in [1.54, 1.807) is 19.3 Å². The van der Waals surface area contributed by atoms with Crippen molar-refractivity contribution in [3.63, 3.8) is 0 Å². The second-order valence-electron chi connectivity index (χ2n) is 6.29. The van der Waals surface area contributed by atoms with E-state index < -0.39 is 5.97 Å². The number of aryl methyl sites for hydroxylation is 1. The first-order valence-corrected chi connectivity index (χ1v) is 8.82. The summed E-state index contributed by atoms with van der Waals surface area (Å²) < 4.78 is 17.9. The van der Waals surface area contributed by atoms with Crippen LogP contribution in [-0.4, -0.2) is 29.2 Å². The molecule has 7 heteroatoms. The number of benzene rings is 1. The molecule has 0 aliphatic heterocycles. The number of para-hydroxylation sites is 2. The van der Waals surface area contributed by atoms with Crippen molar-refractivity contribution in [2.45, 2.75) is 27.0 Å². The Kier molecular flexibility index (Phi) is 5.92. The van der Waals surface area contributed by atoms with Gasteiger partial charge in [-0.3, -0.25) is 0 Å². The number of ether oxygens (including phenoxy) is 2. The Morgan fingerprint density at radius 1 is 1.36 bits per heavy atom. The molecule has 3 aromatic rings. The van der Waals surface area contributed by atoms with Gasteiger partial charge in [-0.25, -0.2) is 9.78 Å². The molecule has 2 heterocycles. The number of hydrogen-bond donors (Lipinski definition) is 0. The van der Waals surface area contributed by atoms with Crippen LogP contribution in [0.2, 0.25) is 0 Å². The summed E-state index contributed by atoms with van der Waals surface area (Å²) >= 11 is 0. The van der Waals surface area contributed by atoms with Gasteiger partial charge in [0, 0.05) is 25.0 Å². The van der Waals surface area contributed by atoms with Crippen molar-refractivity contribution in [2.75, 3.05) is 13.7 Å². The van der Waals surface area contributed by atoms with Crippen LogP contribution < -0.4 is 0 Å².